The van der Waals surface area contributed by atoms with Crippen molar-refractivity contribution in [1.29, 1.82) is 0 Å². The number of carbonyl (C=O) groups is 1. The average Bonchev–Trinajstić information content (AvgIpc) is 3.19. The van der Waals surface area contributed by atoms with Crippen LogP contribution in [0.3, 0.4) is 0 Å². The van der Waals surface area contributed by atoms with Crippen LogP contribution in [0.15, 0.2) is 64.0 Å². The van der Waals surface area contributed by atoms with Crippen molar-refractivity contribution in [2.24, 2.45) is 10.7 Å². The van der Waals surface area contributed by atoms with Crippen LogP contribution in [-0.4, -0.2) is 25.5 Å². The Hall–Kier alpha value is -3.74. The smallest absolute Gasteiger partial charge is 0.323 e. The minimum atomic E-state index is -0.273. The molecule has 0 radical (unpaired) electrons. The molecular weight excluding hydrogens is 402 g/mol. The molecule has 32 heavy (non-hydrogen) atoms. The Bertz CT molecular complexity index is 1090. The highest BCUT2D eigenvalue weighted by molar-refractivity contribution is 6.03. The molecule has 2 amide bonds. The Labute approximate surface area is 188 Å². The van der Waals surface area contributed by atoms with Crippen molar-refractivity contribution in [3.05, 3.63) is 77.0 Å². The predicted molar refractivity (Wildman–Crippen MR) is 130 cm³/mol. The number of amides is 2. The van der Waals surface area contributed by atoms with Gasteiger partial charge in [-0.15, -0.1) is 0 Å². The summed E-state index contributed by atoms with van der Waals surface area (Å²) in [6.45, 7) is 0.580. The molecule has 166 valence electrons. The summed E-state index contributed by atoms with van der Waals surface area (Å²) in [5.41, 5.74) is 11.1. The molecule has 1 heterocycles. The van der Waals surface area contributed by atoms with Crippen LogP contribution in [0.25, 0.3) is 0 Å². The molecule has 0 spiro atoms. The first kappa shape index (κ1) is 21.5. The topological polar surface area (TPSA) is 105 Å². The van der Waals surface area contributed by atoms with E-state index in [9.17, 15) is 4.79 Å². The number of nitrogens with two attached hydrogens (primary N) is 1. The average molecular weight is 432 g/mol. The number of para-hydroxylation sites is 1. The Morgan fingerprint density at radius 3 is 2.41 bits per heavy atom. The number of benzene rings is 2. The molecule has 0 saturated heterocycles. The van der Waals surface area contributed by atoms with Crippen molar-refractivity contribution < 1.29 is 9.21 Å². The summed E-state index contributed by atoms with van der Waals surface area (Å²) in [7, 11) is 1.84. The van der Waals surface area contributed by atoms with Gasteiger partial charge in [0, 0.05) is 37.0 Å². The van der Waals surface area contributed by atoms with Gasteiger partial charge in [0.1, 0.15) is 11.6 Å². The maximum Gasteiger partial charge on any atom is 0.323 e. The Morgan fingerprint density at radius 2 is 1.69 bits per heavy atom. The van der Waals surface area contributed by atoms with E-state index in [4.69, 9.17) is 10.2 Å². The zero-order chi connectivity index (χ0) is 22.3. The van der Waals surface area contributed by atoms with Crippen molar-refractivity contribution >= 4 is 29.1 Å². The summed E-state index contributed by atoms with van der Waals surface area (Å²) in [6.07, 6.45) is 5.00. The second-order valence-corrected chi connectivity index (χ2v) is 7.82. The van der Waals surface area contributed by atoms with Gasteiger partial charge in [-0.3, -0.25) is 4.99 Å². The lowest BCUT2D eigenvalue weighted by atomic mass is 9.95. The predicted octanol–water partition coefficient (Wildman–Crippen LogP) is 4.79. The number of urea groups is 1. The first-order valence-corrected chi connectivity index (χ1v) is 11.0. The number of carbonyl (C=O) groups excluding carboxylic acids is 1. The molecule has 1 aromatic heterocycles. The molecule has 1 aliphatic rings. The molecule has 0 saturated carbocycles. The van der Waals surface area contributed by atoms with Crippen LogP contribution in [0.4, 0.5) is 22.1 Å². The summed E-state index contributed by atoms with van der Waals surface area (Å²) in [4.78, 5) is 16.7. The number of amidine groups is 1. The monoisotopic (exact) mass is 431 g/mol. The van der Waals surface area contributed by atoms with Crippen LogP contribution >= 0.6 is 0 Å². The SMILES string of the molecule is CNc1oc2c(c1C(N)=NCCc1ccc(NC(=O)Nc3ccccc3)cc1)CCCC2. The largest absolute Gasteiger partial charge is 0.445 e. The quantitative estimate of drug-likeness (QED) is 0.319. The highest BCUT2D eigenvalue weighted by atomic mass is 16.4. The van der Waals surface area contributed by atoms with Crippen molar-refractivity contribution in [2.45, 2.75) is 32.1 Å². The van der Waals surface area contributed by atoms with Gasteiger partial charge in [0.25, 0.3) is 0 Å². The number of furan rings is 1. The van der Waals surface area contributed by atoms with Crippen LogP contribution in [0.5, 0.6) is 0 Å². The molecule has 5 N–H and O–H groups in total. The van der Waals surface area contributed by atoms with Crippen molar-refractivity contribution in [2.75, 3.05) is 29.5 Å². The summed E-state index contributed by atoms with van der Waals surface area (Å²) >= 11 is 0. The van der Waals surface area contributed by atoms with Crippen LogP contribution in [0, 0.1) is 0 Å². The number of rotatable bonds is 7. The van der Waals surface area contributed by atoms with Gasteiger partial charge in [-0.05, 0) is 55.5 Å². The van der Waals surface area contributed by atoms with Crippen LogP contribution in [-0.2, 0) is 19.3 Å². The third-order valence-corrected chi connectivity index (χ3v) is 5.58. The Balaban J connectivity index is 1.33. The van der Waals surface area contributed by atoms with E-state index in [1.54, 1.807) is 0 Å². The van der Waals surface area contributed by atoms with Gasteiger partial charge in [-0.25, -0.2) is 4.79 Å². The first-order valence-electron chi connectivity index (χ1n) is 11.0. The Morgan fingerprint density at radius 1 is 1.00 bits per heavy atom. The third kappa shape index (κ3) is 5.11. The Kier molecular flexibility index (Phi) is 6.75. The lowest BCUT2D eigenvalue weighted by molar-refractivity contribution is 0.262. The van der Waals surface area contributed by atoms with E-state index >= 15 is 0 Å². The molecule has 7 nitrogen and oxygen atoms in total. The number of nitrogens with one attached hydrogen (secondary N) is 3. The van der Waals surface area contributed by atoms with E-state index in [1.165, 1.54) is 5.56 Å². The molecule has 3 aromatic rings. The van der Waals surface area contributed by atoms with E-state index in [0.717, 1.165) is 60.4 Å². The number of hydrogen-bond donors (Lipinski definition) is 4. The number of fused-ring (bicyclic) bond motifs is 1. The number of nitrogens with zero attached hydrogens (tertiary/aromatic N) is 1. The van der Waals surface area contributed by atoms with Gasteiger partial charge < -0.3 is 26.1 Å². The zero-order valence-electron chi connectivity index (χ0n) is 18.3. The van der Waals surface area contributed by atoms with Gasteiger partial charge in [0.05, 0.1) is 5.56 Å². The fourth-order valence-corrected chi connectivity index (χ4v) is 3.97. The van der Waals surface area contributed by atoms with Crippen molar-refractivity contribution in [3.8, 4) is 0 Å². The third-order valence-electron chi connectivity index (χ3n) is 5.58. The molecule has 0 atom stereocenters. The number of aryl methyl sites for hydroxylation is 1. The number of hydrogen-bond acceptors (Lipinski definition) is 4. The molecule has 2 aromatic carbocycles. The van der Waals surface area contributed by atoms with Gasteiger partial charge in [-0.1, -0.05) is 30.3 Å². The summed E-state index contributed by atoms with van der Waals surface area (Å²) in [5, 5.41) is 8.75. The fraction of sp³-hybridized carbons (Fsp3) is 0.280. The van der Waals surface area contributed by atoms with E-state index in [1.807, 2.05) is 61.6 Å². The van der Waals surface area contributed by atoms with Crippen molar-refractivity contribution in [3.63, 3.8) is 0 Å². The van der Waals surface area contributed by atoms with Gasteiger partial charge >= 0.3 is 6.03 Å². The fourth-order valence-electron chi connectivity index (χ4n) is 3.97. The lowest BCUT2D eigenvalue weighted by Crippen LogP contribution is -2.19. The zero-order valence-corrected chi connectivity index (χ0v) is 18.3. The van der Waals surface area contributed by atoms with E-state index < -0.39 is 0 Å². The van der Waals surface area contributed by atoms with E-state index in [2.05, 4.69) is 20.9 Å². The summed E-state index contributed by atoms with van der Waals surface area (Å²) < 4.78 is 5.94. The molecule has 1 aliphatic carbocycles. The van der Waals surface area contributed by atoms with Crippen LogP contribution in [0.1, 0.15) is 35.3 Å². The molecule has 0 bridgehead atoms. The minimum Gasteiger partial charge on any atom is -0.445 e. The maximum absolute atomic E-state index is 12.1. The van der Waals surface area contributed by atoms with E-state index in [0.29, 0.717) is 18.3 Å². The van der Waals surface area contributed by atoms with Crippen molar-refractivity contribution in [1.82, 2.24) is 0 Å². The molecule has 0 aliphatic heterocycles. The first-order chi connectivity index (χ1) is 15.6. The molecule has 4 rings (SSSR count). The summed E-state index contributed by atoms with van der Waals surface area (Å²) in [6, 6.07) is 16.8. The molecule has 0 unspecified atom stereocenters. The lowest BCUT2D eigenvalue weighted by Gasteiger charge is -2.10. The van der Waals surface area contributed by atoms with Gasteiger partial charge in [-0.2, -0.15) is 0 Å². The molecule has 7 heteroatoms. The highest BCUT2D eigenvalue weighted by Gasteiger charge is 2.24. The number of aliphatic imine (C=N–C) groups is 1. The van der Waals surface area contributed by atoms with Crippen LogP contribution in [0.2, 0.25) is 0 Å². The van der Waals surface area contributed by atoms with E-state index in [-0.39, 0.29) is 6.03 Å². The standard InChI is InChI=1S/C25H29N5O2/c1-27-24-22(20-9-5-6-10-21(20)32-24)23(26)28-16-15-17-11-13-19(14-12-17)30-25(31)29-18-7-3-2-4-8-18/h2-4,7-8,11-14,27H,5-6,9-10,15-16H2,1H3,(H2,26,28)(H2,29,30,31). The maximum atomic E-state index is 12.1. The molecule has 0 fully saturated rings. The second-order valence-electron chi connectivity index (χ2n) is 7.82. The van der Waals surface area contributed by atoms with Gasteiger partial charge in [0.15, 0.2) is 0 Å². The minimum absolute atomic E-state index is 0.273. The normalized spacial score (nSPS) is 13.3. The highest BCUT2D eigenvalue weighted by Crippen LogP contribution is 2.32. The number of anilines is 3. The van der Waals surface area contributed by atoms with Crippen LogP contribution < -0.4 is 21.7 Å². The second kappa shape index (κ2) is 10.0. The summed E-state index contributed by atoms with van der Waals surface area (Å²) in [5.74, 6) is 2.27. The van der Waals surface area contributed by atoms with Gasteiger partial charge in [0.2, 0.25) is 5.88 Å². The molecular formula is C25H29N5O2.